The number of nitrogens with zero attached hydrogens (tertiary/aromatic N) is 1. The van der Waals surface area contributed by atoms with Crippen molar-refractivity contribution >= 4 is 23.2 Å². The molecule has 1 saturated heterocycles. The zero-order valence-electron chi connectivity index (χ0n) is 12.3. The van der Waals surface area contributed by atoms with Crippen molar-refractivity contribution in [2.24, 2.45) is 11.6 Å². The molecule has 1 aliphatic rings. The van der Waals surface area contributed by atoms with Gasteiger partial charge in [-0.15, -0.1) is 0 Å². The Morgan fingerprint density at radius 2 is 2.09 bits per heavy atom. The van der Waals surface area contributed by atoms with Crippen LogP contribution >= 0.6 is 11.6 Å². The quantitative estimate of drug-likeness (QED) is 0.439. The molecule has 22 heavy (non-hydrogen) atoms. The van der Waals surface area contributed by atoms with E-state index < -0.39 is 0 Å². The first kappa shape index (κ1) is 18.0. The van der Waals surface area contributed by atoms with E-state index in [0.717, 1.165) is 5.56 Å². The number of hydrazine groups is 1. The molecular formula is C15H21ClN4O2. The van der Waals surface area contributed by atoms with Crippen molar-refractivity contribution in [1.29, 1.82) is 0 Å². The summed E-state index contributed by atoms with van der Waals surface area (Å²) in [6.07, 6.45) is 2.84. The van der Waals surface area contributed by atoms with Crippen molar-refractivity contribution in [2.45, 2.75) is 0 Å². The number of ether oxygens (including phenoxy) is 1. The van der Waals surface area contributed by atoms with Gasteiger partial charge < -0.3 is 20.8 Å². The Labute approximate surface area is 135 Å². The summed E-state index contributed by atoms with van der Waals surface area (Å²) in [4.78, 5) is 12.7. The molecule has 0 aliphatic carbocycles. The van der Waals surface area contributed by atoms with Crippen molar-refractivity contribution in [3.05, 3.63) is 53.7 Å². The lowest BCUT2D eigenvalue weighted by Gasteiger charge is -2.25. The van der Waals surface area contributed by atoms with Gasteiger partial charge in [-0.25, -0.2) is 0 Å². The van der Waals surface area contributed by atoms with Gasteiger partial charge in [0, 0.05) is 29.9 Å². The third kappa shape index (κ3) is 6.17. The number of benzene rings is 1. The van der Waals surface area contributed by atoms with E-state index >= 15 is 0 Å². The summed E-state index contributed by atoms with van der Waals surface area (Å²) >= 11 is 5.75. The summed E-state index contributed by atoms with van der Waals surface area (Å²) in [5.41, 5.74) is 9.39. The third-order valence-corrected chi connectivity index (χ3v) is 3.13. The van der Waals surface area contributed by atoms with Crippen LogP contribution in [-0.4, -0.2) is 37.1 Å². The molecule has 1 amide bonds. The Morgan fingerprint density at radius 1 is 1.41 bits per heavy atom. The fourth-order valence-electron chi connectivity index (χ4n) is 1.75. The number of halogens is 1. The van der Waals surface area contributed by atoms with Crippen LogP contribution < -0.4 is 17.0 Å². The van der Waals surface area contributed by atoms with Crippen LogP contribution in [0.15, 0.2) is 43.1 Å². The van der Waals surface area contributed by atoms with Gasteiger partial charge in [-0.3, -0.25) is 10.6 Å². The van der Waals surface area contributed by atoms with Crippen LogP contribution in [0.3, 0.4) is 0 Å². The Balaban J connectivity index is 0.000000224. The lowest BCUT2D eigenvalue weighted by atomic mass is 10.2. The minimum absolute atomic E-state index is 0.00306. The molecule has 0 radical (unpaired) electrons. The lowest BCUT2D eigenvalue weighted by Crippen LogP contribution is -2.39. The van der Waals surface area contributed by atoms with Crippen LogP contribution in [0.2, 0.25) is 5.02 Å². The lowest BCUT2D eigenvalue weighted by molar-refractivity contribution is -0.129. The van der Waals surface area contributed by atoms with Gasteiger partial charge in [0.2, 0.25) is 5.91 Å². The summed E-state index contributed by atoms with van der Waals surface area (Å²) in [6, 6.07) is 7.24. The van der Waals surface area contributed by atoms with E-state index in [1.54, 1.807) is 17.0 Å². The summed E-state index contributed by atoms with van der Waals surface area (Å²) in [5, 5.41) is 0.654. The molecule has 7 heteroatoms. The number of hydrogen-bond acceptors (Lipinski definition) is 5. The predicted molar refractivity (Wildman–Crippen MR) is 88.5 cm³/mol. The van der Waals surface area contributed by atoms with Gasteiger partial charge in [-0.1, -0.05) is 30.3 Å². The smallest absolute Gasteiger partial charge is 0.246 e. The van der Waals surface area contributed by atoms with Crippen LogP contribution in [0.25, 0.3) is 5.70 Å². The number of rotatable bonds is 3. The zero-order chi connectivity index (χ0) is 16.4. The van der Waals surface area contributed by atoms with Crippen LogP contribution in [-0.2, 0) is 9.53 Å². The summed E-state index contributed by atoms with van der Waals surface area (Å²) < 4.78 is 5.07. The van der Waals surface area contributed by atoms with Gasteiger partial charge in [-0.05, 0) is 18.2 Å². The number of carbonyl (C=O) groups is 1. The maximum atomic E-state index is 10.9. The SMILES string of the molecule is C=CC(=O)N1CCOCC1.NN/C=C(\N)c1cccc(Cl)c1. The van der Waals surface area contributed by atoms with E-state index in [9.17, 15) is 4.79 Å². The van der Waals surface area contributed by atoms with Gasteiger partial charge >= 0.3 is 0 Å². The van der Waals surface area contributed by atoms with Crippen LogP contribution in [0.1, 0.15) is 5.56 Å². The van der Waals surface area contributed by atoms with Crippen LogP contribution in [0, 0.1) is 0 Å². The number of nitrogens with two attached hydrogens (primary N) is 2. The molecule has 2 rings (SSSR count). The highest BCUT2D eigenvalue weighted by Gasteiger charge is 2.12. The average molecular weight is 325 g/mol. The monoisotopic (exact) mass is 324 g/mol. The minimum Gasteiger partial charge on any atom is -0.397 e. The minimum atomic E-state index is 0.00306. The number of nitrogens with one attached hydrogen (secondary N) is 1. The number of morpholine rings is 1. The summed E-state index contributed by atoms with van der Waals surface area (Å²) in [5.74, 6) is 5.07. The molecule has 6 nitrogen and oxygen atoms in total. The van der Waals surface area contributed by atoms with Gasteiger partial charge in [0.1, 0.15) is 0 Å². The van der Waals surface area contributed by atoms with Crippen molar-refractivity contribution < 1.29 is 9.53 Å². The average Bonchev–Trinajstić information content (AvgIpc) is 2.56. The maximum absolute atomic E-state index is 10.9. The number of amides is 1. The maximum Gasteiger partial charge on any atom is 0.246 e. The molecule has 0 atom stereocenters. The zero-order valence-corrected chi connectivity index (χ0v) is 13.1. The molecule has 0 saturated carbocycles. The largest absolute Gasteiger partial charge is 0.397 e. The highest BCUT2D eigenvalue weighted by molar-refractivity contribution is 6.30. The molecule has 0 aromatic heterocycles. The van der Waals surface area contributed by atoms with E-state index in [1.807, 2.05) is 12.1 Å². The first-order valence-corrected chi connectivity index (χ1v) is 7.13. The molecule has 1 fully saturated rings. The molecule has 0 spiro atoms. The Hall–Kier alpha value is -2.02. The molecule has 1 aromatic rings. The van der Waals surface area contributed by atoms with Gasteiger partial charge in [0.15, 0.2) is 0 Å². The molecular weight excluding hydrogens is 304 g/mol. The predicted octanol–water partition coefficient (Wildman–Crippen LogP) is 1.09. The first-order chi connectivity index (χ1) is 10.6. The van der Waals surface area contributed by atoms with Crippen LogP contribution in [0.4, 0.5) is 0 Å². The molecule has 0 unspecified atom stereocenters. The van der Waals surface area contributed by atoms with Gasteiger partial charge in [-0.2, -0.15) is 0 Å². The van der Waals surface area contributed by atoms with Gasteiger partial charge in [0.05, 0.1) is 18.9 Å². The highest BCUT2D eigenvalue weighted by Crippen LogP contribution is 2.14. The fourth-order valence-corrected chi connectivity index (χ4v) is 1.94. The van der Waals surface area contributed by atoms with E-state index in [2.05, 4.69) is 12.0 Å². The van der Waals surface area contributed by atoms with E-state index in [0.29, 0.717) is 37.0 Å². The summed E-state index contributed by atoms with van der Waals surface area (Å²) in [6.45, 7) is 6.11. The Bertz CT molecular complexity index is 528. The van der Waals surface area contributed by atoms with E-state index in [4.69, 9.17) is 27.9 Å². The Kier molecular flexibility index (Phi) is 8.06. The topological polar surface area (TPSA) is 93.6 Å². The van der Waals surface area contributed by atoms with Crippen molar-refractivity contribution in [2.75, 3.05) is 26.3 Å². The van der Waals surface area contributed by atoms with Crippen molar-refractivity contribution in [3.8, 4) is 0 Å². The first-order valence-electron chi connectivity index (χ1n) is 6.75. The van der Waals surface area contributed by atoms with Crippen molar-refractivity contribution in [3.63, 3.8) is 0 Å². The third-order valence-electron chi connectivity index (χ3n) is 2.89. The highest BCUT2D eigenvalue weighted by atomic mass is 35.5. The molecule has 1 heterocycles. The Morgan fingerprint density at radius 3 is 2.64 bits per heavy atom. The normalized spacial score (nSPS) is 14.6. The molecule has 1 aromatic carbocycles. The number of hydrogen-bond donors (Lipinski definition) is 3. The van der Waals surface area contributed by atoms with Gasteiger partial charge in [0.25, 0.3) is 0 Å². The van der Waals surface area contributed by atoms with Crippen molar-refractivity contribution in [1.82, 2.24) is 10.3 Å². The van der Waals surface area contributed by atoms with Crippen LogP contribution in [0.5, 0.6) is 0 Å². The second kappa shape index (κ2) is 9.83. The molecule has 5 N–H and O–H groups in total. The number of carbonyl (C=O) groups excluding carboxylic acids is 1. The molecule has 0 bridgehead atoms. The second-order valence-corrected chi connectivity index (χ2v) is 4.85. The second-order valence-electron chi connectivity index (χ2n) is 4.42. The van der Waals surface area contributed by atoms with E-state index in [-0.39, 0.29) is 5.91 Å². The standard InChI is InChI=1S/C8H10ClN3.C7H11NO2/c9-7-3-1-2-6(4-7)8(10)5-12-11;1-2-7(9)8-3-5-10-6-4-8/h1-5,12H,10-11H2;2H,1,3-6H2/b8-5-;. The fraction of sp³-hybridized carbons (Fsp3) is 0.267. The molecule has 1 aliphatic heterocycles. The molecule has 120 valence electrons. The summed E-state index contributed by atoms with van der Waals surface area (Å²) in [7, 11) is 0. The van der Waals surface area contributed by atoms with E-state index in [1.165, 1.54) is 12.3 Å².